The lowest BCUT2D eigenvalue weighted by Gasteiger charge is -2.14. The molecule has 1 amide bonds. The largest absolute Gasteiger partial charge is 0.416 e. The second-order valence-corrected chi connectivity index (χ2v) is 8.37. The van der Waals surface area contributed by atoms with Gasteiger partial charge in [-0.1, -0.05) is 17.2 Å². The van der Waals surface area contributed by atoms with Crippen LogP contribution in [0.2, 0.25) is 0 Å². The number of amides is 1. The lowest BCUT2D eigenvalue weighted by atomic mass is 10.0. The Kier molecular flexibility index (Phi) is 5.86. The van der Waals surface area contributed by atoms with Crippen LogP contribution in [0.25, 0.3) is 16.9 Å². The Bertz CT molecular complexity index is 1400. The molecular weight excluding hydrogens is 472 g/mol. The zero-order chi connectivity index (χ0) is 25.7. The minimum Gasteiger partial charge on any atom is -0.306 e. The number of fused-ring (bicyclic) bond motifs is 1. The Morgan fingerprint density at radius 2 is 1.37 bits per heavy atom. The van der Waals surface area contributed by atoms with Crippen LogP contribution in [0.4, 0.5) is 32.2 Å². The molecule has 2 aromatic carbocycles. The molecule has 0 aliphatic rings. The molecule has 0 spiro atoms. The zero-order valence-electron chi connectivity index (χ0n) is 18.8. The molecule has 0 radical (unpaired) electrons. The standard InChI is InChI=1S/C25H19F6N3O/c1-13-4-5-34-20(9-13)32-21(16-7-14(2)6-15(3)8-16)22(34)33-23(35)17-10-18(24(26,27)28)12-19(11-17)25(29,30)31/h4-12H,1-3H3,(H,33,35). The van der Waals surface area contributed by atoms with Crippen LogP contribution in [0.3, 0.4) is 0 Å². The Balaban J connectivity index is 1.86. The number of anilines is 1. The van der Waals surface area contributed by atoms with E-state index in [4.69, 9.17) is 0 Å². The molecule has 1 N–H and O–H groups in total. The number of hydrogen-bond donors (Lipinski definition) is 1. The Labute approximate surface area is 196 Å². The summed E-state index contributed by atoms with van der Waals surface area (Å²) in [5, 5.41) is 2.49. The van der Waals surface area contributed by atoms with Gasteiger partial charge in [-0.15, -0.1) is 0 Å². The fraction of sp³-hybridized carbons (Fsp3) is 0.200. The summed E-state index contributed by atoms with van der Waals surface area (Å²) in [4.78, 5) is 17.6. The van der Waals surface area contributed by atoms with Gasteiger partial charge in [-0.25, -0.2) is 4.98 Å². The third kappa shape index (κ3) is 5.01. The summed E-state index contributed by atoms with van der Waals surface area (Å²) in [6, 6.07) is 9.84. The summed E-state index contributed by atoms with van der Waals surface area (Å²) in [5.74, 6) is -1.00. The van der Waals surface area contributed by atoms with Gasteiger partial charge >= 0.3 is 12.4 Å². The van der Waals surface area contributed by atoms with Gasteiger partial charge in [-0.3, -0.25) is 9.20 Å². The molecular formula is C25H19F6N3O. The van der Waals surface area contributed by atoms with E-state index in [-0.39, 0.29) is 11.9 Å². The van der Waals surface area contributed by atoms with Crippen LogP contribution in [0, 0.1) is 20.8 Å². The molecule has 0 saturated heterocycles. The number of pyridine rings is 1. The molecule has 0 atom stereocenters. The monoisotopic (exact) mass is 491 g/mol. The minimum absolute atomic E-state index is 0.0191. The van der Waals surface area contributed by atoms with Crippen molar-refractivity contribution in [2.45, 2.75) is 33.1 Å². The van der Waals surface area contributed by atoms with Crippen molar-refractivity contribution in [2.24, 2.45) is 0 Å². The number of imidazole rings is 1. The van der Waals surface area contributed by atoms with Crippen LogP contribution in [0.1, 0.15) is 38.2 Å². The highest BCUT2D eigenvalue weighted by Gasteiger charge is 2.37. The molecule has 4 nitrogen and oxygen atoms in total. The number of aromatic nitrogens is 2. The van der Waals surface area contributed by atoms with Crippen LogP contribution < -0.4 is 5.32 Å². The first-order chi connectivity index (χ1) is 16.2. The normalized spacial score (nSPS) is 12.3. The van der Waals surface area contributed by atoms with E-state index in [9.17, 15) is 31.1 Å². The number of halogens is 6. The van der Waals surface area contributed by atoms with Crippen LogP contribution >= 0.6 is 0 Å². The highest BCUT2D eigenvalue weighted by molar-refractivity contribution is 6.06. The number of nitrogens with one attached hydrogen (secondary N) is 1. The lowest BCUT2D eigenvalue weighted by molar-refractivity contribution is -0.143. The van der Waals surface area contributed by atoms with E-state index in [1.165, 1.54) is 4.40 Å². The number of nitrogens with zero attached hydrogens (tertiary/aromatic N) is 2. The summed E-state index contributed by atoms with van der Waals surface area (Å²) < 4.78 is 81.1. The van der Waals surface area contributed by atoms with Crippen LogP contribution in [-0.4, -0.2) is 15.3 Å². The molecule has 4 aromatic rings. The average molecular weight is 491 g/mol. The molecule has 0 bridgehead atoms. The molecule has 35 heavy (non-hydrogen) atoms. The molecule has 0 aliphatic heterocycles. The van der Waals surface area contributed by atoms with Crippen LogP contribution in [-0.2, 0) is 12.4 Å². The Morgan fingerprint density at radius 1 is 0.800 bits per heavy atom. The van der Waals surface area contributed by atoms with E-state index in [0.717, 1.165) is 16.7 Å². The van der Waals surface area contributed by atoms with Gasteiger partial charge in [0.25, 0.3) is 5.91 Å². The van der Waals surface area contributed by atoms with Crippen LogP contribution in [0.5, 0.6) is 0 Å². The number of carbonyl (C=O) groups is 1. The summed E-state index contributed by atoms with van der Waals surface area (Å²) >= 11 is 0. The maximum absolute atomic E-state index is 13.3. The van der Waals surface area contributed by atoms with Gasteiger partial charge in [0.1, 0.15) is 17.2 Å². The van der Waals surface area contributed by atoms with Gasteiger partial charge in [0, 0.05) is 17.3 Å². The number of rotatable bonds is 3. The number of benzene rings is 2. The van der Waals surface area contributed by atoms with Crippen molar-refractivity contribution in [2.75, 3.05) is 5.32 Å². The molecule has 0 unspecified atom stereocenters. The van der Waals surface area contributed by atoms with Crippen molar-refractivity contribution in [3.63, 3.8) is 0 Å². The number of carbonyl (C=O) groups excluding carboxylic acids is 1. The van der Waals surface area contributed by atoms with Gasteiger partial charge in [0.2, 0.25) is 0 Å². The first-order valence-corrected chi connectivity index (χ1v) is 10.4. The van der Waals surface area contributed by atoms with Crippen LogP contribution in [0.15, 0.2) is 54.7 Å². The summed E-state index contributed by atoms with van der Waals surface area (Å²) in [7, 11) is 0. The fourth-order valence-corrected chi connectivity index (χ4v) is 3.84. The van der Waals surface area contributed by atoms with E-state index in [2.05, 4.69) is 10.3 Å². The van der Waals surface area contributed by atoms with Crippen molar-refractivity contribution in [3.05, 3.63) is 88.1 Å². The Morgan fingerprint density at radius 3 is 1.91 bits per heavy atom. The minimum atomic E-state index is -5.07. The predicted octanol–water partition coefficient (Wildman–Crippen LogP) is 7.22. The van der Waals surface area contributed by atoms with Crippen molar-refractivity contribution in [3.8, 4) is 11.3 Å². The molecule has 0 fully saturated rings. The quantitative estimate of drug-likeness (QED) is 0.308. The molecule has 10 heteroatoms. The first-order valence-electron chi connectivity index (χ1n) is 10.4. The number of hydrogen-bond acceptors (Lipinski definition) is 2. The summed E-state index contributed by atoms with van der Waals surface area (Å²) in [6.07, 6.45) is -8.52. The van der Waals surface area contributed by atoms with E-state index in [1.807, 2.05) is 39.0 Å². The van der Waals surface area contributed by atoms with E-state index in [1.54, 1.807) is 18.3 Å². The molecule has 0 aliphatic carbocycles. The van der Waals surface area contributed by atoms with E-state index in [0.29, 0.717) is 29.0 Å². The van der Waals surface area contributed by atoms with Gasteiger partial charge in [0.15, 0.2) is 0 Å². The highest BCUT2D eigenvalue weighted by atomic mass is 19.4. The molecule has 2 heterocycles. The number of aryl methyl sites for hydroxylation is 3. The van der Waals surface area contributed by atoms with Crippen molar-refractivity contribution >= 4 is 17.4 Å². The third-order valence-electron chi connectivity index (χ3n) is 5.36. The maximum atomic E-state index is 13.3. The van der Waals surface area contributed by atoms with Gasteiger partial charge in [0.05, 0.1) is 11.1 Å². The Hall–Kier alpha value is -3.82. The topological polar surface area (TPSA) is 46.4 Å². The molecule has 0 saturated carbocycles. The molecule has 2 aromatic heterocycles. The van der Waals surface area contributed by atoms with Crippen molar-refractivity contribution < 1.29 is 31.1 Å². The van der Waals surface area contributed by atoms with Gasteiger partial charge < -0.3 is 5.32 Å². The fourth-order valence-electron chi connectivity index (χ4n) is 3.84. The van der Waals surface area contributed by atoms with Crippen molar-refractivity contribution in [1.29, 1.82) is 0 Å². The zero-order valence-corrected chi connectivity index (χ0v) is 18.8. The second-order valence-electron chi connectivity index (χ2n) is 8.37. The second kappa shape index (κ2) is 8.44. The highest BCUT2D eigenvalue weighted by Crippen LogP contribution is 2.37. The SMILES string of the molecule is Cc1cc(C)cc(-c2nc3cc(C)ccn3c2NC(=O)c2cc(C(F)(F)F)cc(C(F)(F)F)c2)c1. The van der Waals surface area contributed by atoms with Gasteiger partial charge in [-0.05, 0) is 68.8 Å². The lowest BCUT2D eigenvalue weighted by Crippen LogP contribution is -2.18. The first kappa shape index (κ1) is 24.3. The number of alkyl halides is 6. The van der Waals surface area contributed by atoms with Crippen molar-refractivity contribution in [1.82, 2.24) is 9.38 Å². The smallest absolute Gasteiger partial charge is 0.306 e. The predicted molar refractivity (Wildman–Crippen MR) is 119 cm³/mol. The van der Waals surface area contributed by atoms with E-state index < -0.39 is 35.0 Å². The average Bonchev–Trinajstić information content (AvgIpc) is 3.08. The summed E-state index contributed by atoms with van der Waals surface area (Å²) in [5.41, 5.74) is 0.214. The third-order valence-corrected chi connectivity index (χ3v) is 5.36. The summed E-state index contributed by atoms with van der Waals surface area (Å²) in [6.45, 7) is 5.58. The van der Waals surface area contributed by atoms with Gasteiger partial charge in [-0.2, -0.15) is 26.3 Å². The molecule has 182 valence electrons. The molecule has 4 rings (SSSR count). The maximum Gasteiger partial charge on any atom is 0.416 e. The van der Waals surface area contributed by atoms with E-state index >= 15 is 0 Å².